The van der Waals surface area contributed by atoms with Crippen molar-refractivity contribution in [2.24, 2.45) is 5.92 Å². The van der Waals surface area contributed by atoms with Crippen molar-refractivity contribution in [3.63, 3.8) is 0 Å². The number of rotatable bonds is 6. The Hall–Kier alpha value is -1.93. The zero-order valence-corrected chi connectivity index (χ0v) is 18.8. The van der Waals surface area contributed by atoms with E-state index >= 15 is 0 Å². The number of piperidine rings is 2. The summed E-state index contributed by atoms with van der Waals surface area (Å²) in [6.45, 7) is 6.15. The summed E-state index contributed by atoms with van der Waals surface area (Å²) in [5.74, 6) is -0.334. The van der Waals surface area contributed by atoms with Crippen molar-refractivity contribution in [3.05, 3.63) is 29.8 Å². The topological polar surface area (TPSA) is 86.8 Å². The highest BCUT2D eigenvalue weighted by Crippen LogP contribution is 2.26. The summed E-state index contributed by atoms with van der Waals surface area (Å²) < 4.78 is 27.5. The molecule has 3 rings (SSSR count). The maximum atomic E-state index is 13.0. The Labute approximate surface area is 179 Å². The maximum Gasteiger partial charge on any atom is 0.253 e. The minimum atomic E-state index is -3.55. The van der Waals surface area contributed by atoms with Crippen molar-refractivity contribution in [3.8, 4) is 0 Å². The van der Waals surface area contributed by atoms with Gasteiger partial charge in [-0.15, -0.1) is 0 Å². The fourth-order valence-electron chi connectivity index (χ4n) is 4.28. The molecule has 1 aromatic carbocycles. The van der Waals surface area contributed by atoms with E-state index in [2.05, 4.69) is 5.32 Å². The van der Waals surface area contributed by atoms with Gasteiger partial charge in [0.05, 0.1) is 10.8 Å². The van der Waals surface area contributed by atoms with E-state index in [1.165, 1.54) is 12.1 Å². The normalized spacial score (nSPS) is 23.2. The molecule has 2 atom stereocenters. The monoisotopic (exact) mass is 435 g/mol. The summed E-state index contributed by atoms with van der Waals surface area (Å²) in [6, 6.07) is 6.22. The molecule has 1 aromatic rings. The Balaban J connectivity index is 1.68. The molecule has 0 aromatic heterocycles. The molecule has 8 heteroatoms. The average Bonchev–Trinajstić information content (AvgIpc) is 2.77. The van der Waals surface area contributed by atoms with Gasteiger partial charge >= 0.3 is 0 Å². The van der Waals surface area contributed by atoms with Crippen LogP contribution in [0.25, 0.3) is 0 Å². The molecule has 0 bridgehead atoms. The summed E-state index contributed by atoms with van der Waals surface area (Å²) in [5.41, 5.74) is 0.454. The van der Waals surface area contributed by atoms with E-state index in [9.17, 15) is 18.0 Å². The van der Waals surface area contributed by atoms with E-state index in [4.69, 9.17) is 0 Å². The highest BCUT2D eigenvalue weighted by atomic mass is 32.2. The molecule has 166 valence electrons. The molecule has 0 aliphatic carbocycles. The number of nitrogens with one attached hydrogen (secondary N) is 1. The lowest BCUT2D eigenvalue weighted by Crippen LogP contribution is -2.45. The number of hydrogen-bond acceptors (Lipinski definition) is 4. The molecular weight excluding hydrogens is 402 g/mol. The Kier molecular flexibility index (Phi) is 7.52. The Morgan fingerprint density at radius 1 is 1.07 bits per heavy atom. The lowest BCUT2D eigenvalue weighted by molar-refractivity contribution is -0.126. The summed E-state index contributed by atoms with van der Waals surface area (Å²) in [5, 5.41) is 2.91. The molecule has 2 saturated heterocycles. The fourth-order valence-corrected chi connectivity index (χ4v) is 5.98. The number of benzene rings is 1. The molecule has 2 aliphatic rings. The molecule has 30 heavy (non-hydrogen) atoms. The third-order valence-corrected chi connectivity index (χ3v) is 8.11. The Bertz CT molecular complexity index is 854. The summed E-state index contributed by atoms with van der Waals surface area (Å²) in [6.07, 6.45) is 5.25. The van der Waals surface area contributed by atoms with E-state index < -0.39 is 10.0 Å². The fraction of sp³-hybridized carbons (Fsp3) is 0.636. The predicted molar refractivity (Wildman–Crippen MR) is 116 cm³/mol. The van der Waals surface area contributed by atoms with E-state index in [1.54, 1.807) is 21.3 Å². The molecule has 2 unspecified atom stereocenters. The van der Waals surface area contributed by atoms with Crippen LogP contribution in [0.4, 0.5) is 0 Å². The first-order valence-electron chi connectivity index (χ1n) is 11.0. The molecule has 1 N–H and O–H groups in total. The first-order valence-corrected chi connectivity index (χ1v) is 12.5. The zero-order valence-electron chi connectivity index (χ0n) is 18.0. The summed E-state index contributed by atoms with van der Waals surface area (Å²) in [4.78, 5) is 27.1. The number of sulfonamides is 1. The first-order chi connectivity index (χ1) is 14.3. The highest BCUT2D eigenvalue weighted by molar-refractivity contribution is 7.89. The average molecular weight is 436 g/mol. The molecule has 0 spiro atoms. The van der Waals surface area contributed by atoms with Crippen LogP contribution in [0.1, 0.15) is 62.7 Å². The second kappa shape index (κ2) is 9.92. The van der Waals surface area contributed by atoms with Crippen molar-refractivity contribution in [1.29, 1.82) is 0 Å². The van der Waals surface area contributed by atoms with E-state index in [1.807, 2.05) is 13.8 Å². The second-order valence-corrected chi connectivity index (χ2v) is 10.3. The minimum absolute atomic E-state index is 0.00537. The van der Waals surface area contributed by atoms with Gasteiger partial charge in [0.2, 0.25) is 15.9 Å². The smallest absolute Gasteiger partial charge is 0.253 e. The van der Waals surface area contributed by atoms with Gasteiger partial charge in [-0.05, 0) is 63.3 Å². The highest BCUT2D eigenvalue weighted by Gasteiger charge is 2.32. The van der Waals surface area contributed by atoms with Crippen molar-refractivity contribution in [1.82, 2.24) is 14.5 Å². The zero-order chi connectivity index (χ0) is 21.7. The van der Waals surface area contributed by atoms with Crippen LogP contribution in [0.5, 0.6) is 0 Å². The summed E-state index contributed by atoms with van der Waals surface area (Å²) >= 11 is 0. The van der Waals surface area contributed by atoms with Gasteiger partial charge in [-0.25, -0.2) is 8.42 Å². The van der Waals surface area contributed by atoms with Crippen LogP contribution in [0.15, 0.2) is 29.2 Å². The van der Waals surface area contributed by atoms with Crippen molar-refractivity contribution in [2.75, 3.05) is 26.2 Å². The lowest BCUT2D eigenvalue weighted by atomic mass is 9.96. The van der Waals surface area contributed by atoms with Crippen LogP contribution < -0.4 is 5.32 Å². The van der Waals surface area contributed by atoms with Crippen LogP contribution >= 0.6 is 0 Å². The van der Waals surface area contributed by atoms with Crippen LogP contribution in [-0.4, -0.2) is 61.7 Å². The Morgan fingerprint density at radius 2 is 1.80 bits per heavy atom. The quantitative estimate of drug-likeness (QED) is 0.744. The minimum Gasteiger partial charge on any atom is -0.356 e. The molecule has 2 aliphatic heterocycles. The van der Waals surface area contributed by atoms with Gasteiger partial charge in [-0.3, -0.25) is 9.59 Å². The summed E-state index contributed by atoms with van der Waals surface area (Å²) in [7, 11) is -3.55. The molecule has 2 heterocycles. The molecule has 0 radical (unpaired) electrons. The van der Waals surface area contributed by atoms with Crippen LogP contribution in [-0.2, 0) is 14.8 Å². The Morgan fingerprint density at radius 3 is 2.47 bits per heavy atom. The van der Waals surface area contributed by atoms with Gasteiger partial charge in [0.1, 0.15) is 0 Å². The largest absolute Gasteiger partial charge is 0.356 e. The second-order valence-electron chi connectivity index (χ2n) is 8.37. The maximum absolute atomic E-state index is 13.0. The van der Waals surface area contributed by atoms with Gasteiger partial charge in [-0.1, -0.05) is 13.3 Å². The molecule has 0 saturated carbocycles. The van der Waals surface area contributed by atoms with Gasteiger partial charge in [0, 0.05) is 37.8 Å². The van der Waals surface area contributed by atoms with Crippen LogP contribution in [0.2, 0.25) is 0 Å². The third kappa shape index (κ3) is 5.03. The van der Waals surface area contributed by atoms with Gasteiger partial charge in [-0.2, -0.15) is 4.31 Å². The number of likely N-dealkylation sites (tertiary alicyclic amines) is 1. The van der Waals surface area contributed by atoms with Gasteiger partial charge in [0.15, 0.2) is 0 Å². The SMILES string of the molecule is CCCNC(=O)C1CCCN(C(=O)c2ccc(S(=O)(=O)N3CCCCC3C)cc2)C1. The van der Waals surface area contributed by atoms with E-state index in [0.29, 0.717) is 31.7 Å². The predicted octanol–water partition coefficient (Wildman–Crippen LogP) is 2.63. The third-order valence-electron chi connectivity index (χ3n) is 6.08. The van der Waals surface area contributed by atoms with Gasteiger partial charge in [0.25, 0.3) is 5.91 Å². The molecule has 7 nitrogen and oxygen atoms in total. The van der Waals surface area contributed by atoms with Crippen molar-refractivity contribution < 1.29 is 18.0 Å². The number of carbonyl (C=O) groups is 2. The van der Waals surface area contributed by atoms with Gasteiger partial charge < -0.3 is 10.2 Å². The van der Waals surface area contributed by atoms with E-state index in [0.717, 1.165) is 38.5 Å². The van der Waals surface area contributed by atoms with E-state index in [-0.39, 0.29) is 28.7 Å². The van der Waals surface area contributed by atoms with Crippen molar-refractivity contribution >= 4 is 21.8 Å². The first kappa shape index (κ1) is 22.7. The van der Waals surface area contributed by atoms with Crippen molar-refractivity contribution in [2.45, 2.75) is 63.3 Å². The number of carbonyl (C=O) groups excluding carboxylic acids is 2. The molecule has 2 fully saturated rings. The number of nitrogens with zero attached hydrogens (tertiary/aromatic N) is 2. The number of amides is 2. The standard InChI is InChI=1S/C22H33N3O4S/c1-3-13-23-21(26)19-8-6-14-24(16-19)22(27)18-9-11-20(12-10-18)30(28,29)25-15-5-4-7-17(25)2/h9-12,17,19H,3-8,13-16H2,1-2H3,(H,23,26). The lowest BCUT2D eigenvalue weighted by Gasteiger charge is -2.33. The number of hydrogen-bond donors (Lipinski definition) is 1. The molecular formula is C22H33N3O4S. The molecule has 2 amide bonds. The van der Waals surface area contributed by atoms with Crippen LogP contribution in [0.3, 0.4) is 0 Å². The van der Waals surface area contributed by atoms with Crippen LogP contribution in [0, 0.1) is 5.92 Å².